The van der Waals surface area contributed by atoms with Crippen LogP contribution in [0.15, 0.2) is 77.6 Å². The molecule has 4 nitrogen and oxygen atoms in total. The Hall–Kier alpha value is -4.27. The maximum atomic E-state index is 13.5. The van der Waals surface area contributed by atoms with E-state index in [1.165, 1.54) is 12.1 Å². The number of aromatic amines is 1. The second-order valence-corrected chi connectivity index (χ2v) is 9.28. The number of nitriles is 1. The van der Waals surface area contributed by atoms with Crippen LogP contribution in [0.2, 0.25) is 0 Å². The van der Waals surface area contributed by atoms with Gasteiger partial charge in [0.2, 0.25) is 0 Å². The maximum Gasteiger partial charge on any atom is 0.266 e. The van der Waals surface area contributed by atoms with Crippen LogP contribution in [0.5, 0.6) is 0 Å². The molecule has 1 aliphatic rings. The average Bonchev–Trinajstić information content (AvgIpc) is 2.87. The van der Waals surface area contributed by atoms with Crippen molar-refractivity contribution in [2.24, 2.45) is 0 Å². The van der Waals surface area contributed by atoms with E-state index in [-0.39, 0.29) is 16.9 Å². The molecule has 36 heavy (non-hydrogen) atoms. The Labute approximate surface area is 210 Å². The third kappa shape index (κ3) is 4.51. The zero-order chi connectivity index (χ0) is 25.2. The standard InChI is InChI=1S/C31H26FN3O/c1-20-7-3-5-9-23(20)15-24-18-35(17-22-11-13-25(32)14-12-22)19-28-29(26-10-6-4-8-21(26)2)27(16-33)31(36)34-30(24)28/h3-15H,17-19H2,1-2H3,(H,34,36)/b24-15-. The largest absolute Gasteiger partial charge is 0.321 e. The summed E-state index contributed by atoms with van der Waals surface area (Å²) in [6.45, 7) is 5.82. The average molecular weight is 476 g/mol. The predicted molar refractivity (Wildman–Crippen MR) is 142 cm³/mol. The van der Waals surface area contributed by atoms with Crippen molar-refractivity contribution in [2.75, 3.05) is 6.54 Å². The number of rotatable bonds is 4. The van der Waals surface area contributed by atoms with Gasteiger partial charge in [0.05, 0.1) is 5.69 Å². The van der Waals surface area contributed by atoms with Gasteiger partial charge in [-0.05, 0) is 71.0 Å². The highest BCUT2D eigenvalue weighted by atomic mass is 19.1. The van der Waals surface area contributed by atoms with Crippen LogP contribution >= 0.6 is 0 Å². The Kier molecular flexibility index (Phi) is 6.37. The predicted octanol–water partition coefficient (Wildman–Crippen LogP) is 6.23. The highest BCUT2D eigenvalue weighted by Gasteiger charge is 2.28. The number of halogens is 1. The van der Waals surface area contributed by atoms with E-state index >= 15 is 0 Å². The molecule has 0 unspecified atom stereocenters. The molecule has 5 heteroatoms. The Balaban J connectivity index is 1.73. The lowest BCUT2D eigenvalue weighted by atomic mass is 9.87. The lowest BCUT2D eigenvalue weighted by Gasteiger charge is -2.32. The van der Waals surface area contributed by atoms with Crippen molar-refractivity contribution in [3.8, 4) is 17.2 Å². The van der Waals surface area contributed by atoms with Gasteiger partial charge in [0.15, 0.2) is 0 Å². The molecule has 3 aromatic carbocycles. The number of fused-ring (bicyclic) bond motifs is 1. The van der Waals surface area contributed by atoms with Gasteiger partial charge in [-0.3, -0.25) is 9.69 Å². The Morgan fingerprint density at radius 3 is 2.36 bits per heavy atom. The molecule has 1 N–H and O–H groups in total. The zero-order valence-corrected chi connectivity index (χ0v) is 20.3. The van der Waals surface area contributed by atoms with Crippen molar-refractivity contribution in [2.45, 2.75) is 26.9 Å². The Bertz CT molecular complexity index is 1580. The number of nitrogens with one attached hydrogen (secondary N) is 1. The number of hydrogen-bond donors (Lipinski definition) is 1. The summed E-state index contributed by atoms with van der Waals surface area (Å²) < 4.78 is 13.5. The van der Waals surface area contributed by atoms with Crippen molar-refractivity contribution in [3.63, 3.8) is 0 Å². The second kappa shape index (κ2) is 9.77. The molecule has 2 heterocycles. The minimum absolute atomic E-state index is 0.127. The highest BCUT2D eigenvalue weighted by molar-refractivity contribution is 5.88. The first kappa shape index (κ1) is 23.5. The molecule has 5 rings (SSSR count). The number of H-pyrrole nitrogens is 1. The van der Waals surface area contributed by atoms with Crippen LogP contribution in [0.4, 0.5) is 4.39 Å². The summed E-state index contributed by atoms with van der Waals surface area (Å²) >= 11 is 0. The molecular weight excluding hydrogens is 449 g/mol. The van der Waals surface area contributed by atoms with E-state index in [0.29, 0.717) is 25.2 Å². The fourth-order valence-electron chi connectivity index (χ4n) is 4.94. The molecule has 0 spiro atoms. The molecule has 0 atom stereocenters. The normalized spacial score (nSPS) is 14.4. The quantitative estimate of drug-likeness (QED) is 0.381. The molecular formula is C31H26FN3O. The monoisotopic (exact) mass is 475 g/mol. The third-order valence-corrected chi connectivity index (χ3v) is 6.78. The maximum absolute atomic E-state index is 13.5. The summed E-state index contributed by atoms with van der Waals surface area (Å²) in [5.41, 5.74) is 8.21. The summed E-state index contributed by atoms with van der Waals surface area (Å²) in [5.74, 6) is -0.263. The number of nitrogens with zero attached hydrogens (tertiary/aromatic N) is 2. The van der Waals surface area contributed by atoms with Gasteiger partial charge in [-0.1, -0.05) is 60.7 Å². The van der Waals surface area contributed by atoms with Crippen molar-refractivity contribution in [3.05, 3.63) is 128 Å². The van der Waals surface area contributed by atoms with Crippen LogP contribution in [-0.4, -0.2) is 16.4 Å². The first-order chi connectivity index (χ1) is 17.4. The number of aryl methyl sites for hydroxylation is 2. The first-order valence-electron chi connectivity index (χ1n) is 11.9. The fourth-order valence-corrected chi connectivity index (χ4v) is 4.94. The van der Waals surface area contributed by atoms with E-state index in [1.807, 2.05) is 43.3 Å². The first-order valence-corrected chi connectivity index (χ1v) is 11.9. The number of benzene rings is 3. The van der Waals surface area contributed by atoms with Gasteiger partial charge in [0.1, 0.15) is 17.4 Å². The zero-order valence-electron chi connectivity index (χ0n) is 20.3. The smallest absolute Gasteiger partial charge is 0.266 e. The Morgan fingerprint density at radius 1 is 0.972 bits per heavy atom. The molecule has 178 valence electrons. The number of pyridine rings is 1. The minimum Gasteiger partial charge on any atom is -0.321 e. The summed E-state index contributed by atoms with van der Waals surface area (Å²) in [4.78, 5) is 18.4. The van der Waals surface area contributed by atoms with Gasteiger partial charge in [-0.2, -0.15) is 5.26 Å². The molecule has 0 bridgehead atoms. The number of hydrogen-bond acceptors (Lipinski definition) is 3. The van der Waals surface area contributed by atoms with Crippen molar-refractivity contribution < 1.29 is 4.39 Å². The summed E-state index contributed by atoms with van der Waals surface area (Å²) in [7, 11) is 0. The minimum atomic E-state index is -0.378. The van der Waals surface area contributed by atoms with E-state index in [0.717, 1.165) is 44.6 Å². The fraction of sp³-hybridized carbons (Fsp3) is 0.161. The third-order valence-electron chi connectivity index (χ3n) is 6.78. The van der Waals surface area contributed by atoms with Crippen molar-refractivity contribution in [1.29, 1.82) is 5.26 Å². The highest BCUT2D eigenvalue weighted by Crippen LogP contribution is 2.37. The molecule has 0 aliphatic carbocycles. The Morgan fingerprint density at radius 2 is 1.67 bits per heavy atom. The lowest BCUT2D eigenvalue weighted by Crippen LogP contribution is -2.33. The SMILES string of the molecule is Cc1ccccc1/C=C1/CN(Cc2ccc(F)cc2)Cc2c1[nH]c(=O)c(C#N)c2-c1ccccc1C. The van der Waals surface area contributed by atoms with Gasteiger partial charge in [-0.15, -0.1) is 0 Å². The van der Waals surface area contributed by atoms with Crippen LogP contribution in [0.25, 0.3) is 22.8 Å². The molecule has 0 saturated carbocycles. The van der Waals surface area contributed by atoms with Crippen LogP contribution in [0.1, 0.15) is 39.1 Å². The van der Waals surface area contributed by atoms with E-state index in [1.54, 1.807) is 12.1 Å². The summed E-state index contributed by atoms with van der Waals surface area (Å²) in [6, 6.07) is 24.7. The van der Waals surface area contributed by atoms with Gasteiger partial charge in [-0.25, -0.2) is 4.39 Å². The van der Waals surface area contributed by atoms with Crippen molar-refractivity contribution in [1.82, 2.24) is 9.88 Å². The number of aromatic nitrogens is 1. The lowest BCUT2D eigenvalue weighted by molar-refractivity contribution is 0.282. The molecule has 0 radical (unpaired) electrons. The van der Waals surface area contributed by atoms with E-state index in [2.05, 4.69) is 41.1 Å². The summed E-state index contributed by atoms with van der Waals surface area (Å²) in [6.07, 6.45) is 2.12. The van der Waals surface area contributed by atoms with Crippen LogP contribution in [0, 0.1) is 31.0 Å². The van der Waals surface area contributed by atoms with Crippen LogP contribution < -0.4 is 5.56 Å². The van der Waals surface area contributed by atoms with Gasteiger partial charge >= 0.3 is 0 Å². The van der Waals surface area contributed by atoms with Gasteiger partial charge in [0, 0.05) is 25.2 Å². The second-order valence-electron chi connectivity index (χ2n) is 9.28. The molecule has 0 fully saturated rings. The van der Waals surface area contributed by atoms with E-state index < -0.39 is 0 Å². The summed E-state index contributed by atoms with van der Waals surface area (Å²) in [5, 5.41) is 9.98. The molecule has 4 aromatic rings. The molecule has 0 saturated heterocycles. The van der Waals surface area contributed by atoms with Crippen LogP contribution in [-0.2, 0) is 13.1 Å². The van der Waals surface area contributed by atoms with E-state index in [9.17, 15) is 14.4 Å². The molecule has 0 amide bonds. The van der Waals surface area contributed by atoms with Gasteiger partial charge < -0.3 is 4.98 Å². The molecule has 1 aliphatic heterocycles. The van der Waals surface area contributed by atoms with E-state index in [4.69, 9.17) is 0 Å². The molecule has 1 aromatic heterocycles. The topological polar surface area (TPSA) is 59.9 Å². The van der Waals surface area contributed by atoms with Crippen molar-refractivity contribution >= 4 is 11.6 Å². The van der Waals surface area contributed by atoms with Gasteiger partial charge in [0.25, 0.3) is 5.56 Å². The van der Waals surface area contributed by atoms with Crippen LogP contribution in [0.3, 0.4) is 0 Å².